The van der Waals surface area contributed by atoms with Crippen molar-refractivity contribution in [2.24, 2.45) is 0 Å². The number of aromatic amines is 1. The second-order valence-electron chi connectivity index (χ2n) is 6.52. The van der Waals surface area contributed by atoms with E-state index in [1.807, 2.05) is 0 Å². The van der Waals surface area contributed by atoms with E-state index < -0.39 is 23.6 Å². The van der Waals surface area contributed by atoms with E-state index in [1.165, 1.54) is 16.8 Å². The predicted octanol–water partition coefficient (Wildman–Crippen LogP) is 3.60. The fraction of sp³-hybridized carbons (Fsp3) is 0.211. The quantitative estimate of drug-likeness (QED) is 0.495. The normalized spacial score (nSPS) is 11.4. The highest BCUT2D eigenvalue weighted by atomic mass is 79.9. The zero-order valence-electron chi connectivity index (χ0n) is 15.9. The number of alkyl halides is 3. The Kier molecular flexibility index (Phi) is 6.01. The van der Waals surface area contributed by atoms with Gasteiger partial charge in [0, 0.05) is 21.9 Å². The van der Waals surface area contributed by atoms with Crippen LogP contribution < -0.4 is 10.9 Å². The SMILES string of the molecule is Cc1nn(-c2cccc(C(F)(F)F)c2)c(C)c1CC(=O)NNC(=O)c1cc(Br)c[nH]1. The van der Waals surface area contributed by atoms with E-state index in [2.05, 4.69) is 36.9 Å². The van der Waals surface area contributed by atoms with Gasteiger partial charge < -0.3 is 4.98 Å². The number of nitrogens with zero attached hydrogens (tertiary/aromatic N) is 2. The molecule has 7 nitrogen and oxygen atoms in total. The number of hydrazine groups is 1. The molecule has 0 atom stereocenters. The van der Waals surface area contributed by atoms with Crippen LogP contribution in [0.15, 0.2) is 41.0 Å². The summed E-state index contributed by atoms with van der Waals surface area (Å²) in [6, 6.07) is 6.34. The molecule has 1 aromatic carbocycles. The maximum atomic E-state index is 13.0. The average Bonchev–Trinajstić information content (AvgIpc) is 3.24. The number of halogens is 4. The Morgan fingerprint density at radius 2 is 1.93 bits per heavy atom. The van der Waals surface area contributed by atoms with Crippen LogP contribution >= 0.6 is 15.9 Å². The van der Waals surface area contributed by atoms with Crippen LogP contribution in [0.4, 0.5) is 13.2 Å². The molecule has 2 amide bonds. The van der Waals surface area contributed by atoms with Gasteiger partial charge in [0.2, 0.25) is 5.91 Å². The van der Waals surface area contributed by atoms with Crippen LogP contribution in [0.1, 0.15) is 33.0 Å². The highest BCUT2D eigenvalue weighted by Crippen LogP contribution is 2.30. The van der Waals surface area contributed by atoms with Crippen molar-refractivity contribution < 1.29 is 22.8 Å². The van der Waals surface area contributed by atoms with Gasteiger partial charge >= 0.3 is 6.18 Å². The van der Waals surface area contributed by atoms with Crippen LogP contribution in [0.2, 0.25) is 0 Å². The topological polar surface area (TPSA) is 91.8 Å². The molecular weight excluding hydrogens is 467 g/mol. The van der Waals surface area contributed by atoms with Gasteiger partial charge in [-0.25, -0.2) is 4.68 Å². The molecule has 0 aliphatic carbocycles. The first-order chi connectivity index (χ1) is 14.1. The van der Waals surface area contributed by atoms with Crippen LogP contribution in [0, 0.1) is 13.8 Å². The standard InChI is InChI=1S/C19H17BrF3N5O2/c1-10-15(8-17(29)25-26-18(30)16-7-13(20)9-24-16)11(2)28(27-10)14-5-3-4-12(6-14)19(21,22)23/h3-7,9,24H,8H2,1-2H3,(H,25,29)(H,26,30). The number of rotatable bonds is 4. The largest absolute Gasteiger partial charge is 0.416 e. The number of hydrogen-bond acceptors (Lipinski definition) is 3. The summed E-state index contributed by atoms with van der Waals surface area (Å²) in [5, 5.41) is 4.27. The highest BCUT2D eigenvalue weighted by molar-refractivity contribution is 9.10. The van der Waals surface area contributed by atoms with E-state index in [0.29, 0.717) is 21.4 Å². The summed E-state index contributed by atoms with van der Waals surface area (Å²) >= 11 is 3.21. The van der Waals surface area contributed by atoms with E-state index in [0.717, 1.165) is 12.1 Å². The number of benzene rings is 1. The lowest BCUT2D eigenvalue weighted by molar-refractivity contribution is -0.137. The molecule has 11 heteroatoms. The fourth-order valence-corrected chi connectivity index (χ4v) is 3.24. The summed E-state index contributed by atoms with van der Waals surface area (Å²) in [5.41, 5.74) is 5.90. The Hall–Kier alpha value is -3.08. The van der Waals surface area contributed by atoms with Crippen LogP contribution in [0.5, 0.6) is 0 Å². The Morgan fingerprint density at radius 1 is 1.20 bits per heavy atom. The Bertz CT molecular complexity index is 1100. The highest BCUT2D eigenvalue weighted by Gasteiger charge is 2.30. The molecule has 3 aromatic rings. The van der Waals surface area contributed by atoms with Crippen molar-refractivity contribution in [1.82, 2.24) is 25.6 Å². The number of aryl methyl sites for hydroxylation is 1. The molecule has 0 unspecified atom stereocenters. The Morgan fingerprint density at radius 3 is 2.57 bits per heavy atom. The van der Waals surface area contributed by atoms with Crippen molar-refractivity contribution in [2.45, 2.75) is 26.4 Å². The zero-order chi connectivity index (χ0) is 22.1. The van der Waals surface area contributed by atoms with E-state index in [4.69, 9.17) is 0 Å². The van der Waals surface area contributed by atoms with E-state index in [-0.39, 0.29) is 17.8 Å². The maximum Gasteiger partial charge on any atom is 0.416 e. The van der Waals surface area contributed by atoms with Gasteiger partial charge in [0.25, 0.3) is 5.91 Å². The Balaban J connectivity index is 1.73. The lowest BCUT2D eigenvalue weighted by Crippen LogP contribution is -2.42. The van der Waals surface area contributed by atoms with Crippen molar-refractivity contribution in [3.8, 4) is 5.69 Å². The van der Waals surface area contributed by atoms with E-state index in [1.54, 1.807) is 26.1 Å². The molecule has 3 rings (SSSR count). The predicted molar refractivity (Wildman–Crippen MR) is 106 cm³/mol. The minimum atomic E-state index is -4.47. The van der Waals surface area contributed by atoms with Crippen LogP contribution in [-0.4, -0.2) is 26.6 Å². The first-order valence-electron chi connectivity index (χ1n) is 8.72. The summed E-state index contributed by atoms with van der Waals surface area (Å²) in [6.45, 7) is 3.33. The molecule has 0 radical (unpaired) electrons. The van der Waals surface area contributed by atoms with Crippen molar-refractivity contribution in [3.63, 3.8) is 0 Å². The minimum Gasteiger partial charge on any atom is -0.356 e. The lowest BCUT2D eigenvalue weighted by Gasteiger charge is -2.10. The molecule has 30 heavy (non-hydrogen) atoms. The van der Waals surface area contributed by atoms with Gasteiger partial charge in [-0.15, -0.1) is 0 Å². The molecule has 0 aliphatic heterocycles. The third-order valence-electron chi connectivity index (χ3n) is 4.40. The second kappa shape index (κ2) is 8.34. The lowest BCUT2D eigenvalue weighted by atomic mass is 10.1. The van der Waals surface area contributed by atoms with Gasteiger partial charge in [-0.2, -0.15) is 18.3 Å². The molecule has 2 aromatic heterocycles. The molecule has 0 bridgehead atoms. The van der Waals surface area contributed by atoms with Gasteiger partial charge in [-0.3, -0.25) is 20.4 Å². The van der Waals surface area contributed by atoms with Crippen LogP contribution in [-0.2, 0) is 17.4 Å². The van der Waals surface area contributed by atoms with Gasteiger partial charge in [0.05, 0.1) is 23.4 Å². The molecule has 0 saturated heterocycles. The van der Waals surface area contributed by atoms with Crippen molar-refractivity contribution in [1.29, 1.82) is 0 Å². The van der Waals surface area contributed by atoms with Crippen molar-refractivity contribution >= 4 is 27.7 Å². The van der Waals surface area contributed by atoms with Crippen molar-refractivity contribution in [2.75, 3.05) is 0 Å². The summed E-state index contributed by atoms with van der Waals surface area (Å²) in [7, 11) is 0. The average molecular weight is 484 g/mol. The molecule has 158 valence electrons. The summed E-state index contributed by atoms with van der Waals surface area (Å²) in [5.74, 6) is -1.02. The van der Waals surface area contributed by atoms with Gasteiger partial charge in [0.1, 0.15) is 5.69 Å². The summed E-state index contributed by atoms with van der Waals surface area (Å²) in [4.78, 5) is 27.0. The van der Waals surface area contributed by atoms with Gasteiger partial charge in [-0.05, 0) is 54.0 Å². The van der Waals surface area contributed by atoms with Crippen LogP contribution in [0.3, 0.4) is 0 Å². The zero-order valence-corrected chi connectivity index (χ0v) is 17.5. The maximum absolute atomic E-state index is 13.0. The molecule has 0 fully saturated rings. The minimum absolute atomic E-state index is 0.106. The number of carbonyl (C=O) groups is 2. The summed E-state index contributed by atoms with van der Waals surface area (Å²) < 4.78 is 41.0. The molecule has 0 aliphatic rings. The second-order valence-corrected chi connectivity index (χ2v) is 7.44. The number of carbonyl (C=O) groups excluding carboxylic acids is 2. The first kappa shape index (κ1) is 21.6. The fourth-order valence-electron chi connectivity index (χ4n) is 2.89. The number of H-pyrrole nitrogens is 1. The molecular formula is C19H17BrF3N5O2. The number of nitrogens with one attached hydrogen (secondary N) is 3. The van der Waals surface area contributed by atoms with Gasteiger partial charge in [-0.1, -0.05) is 6.07 Å². The molecule has 0 saturated carbocycles. The van der Waals surface area contributed by atoms with Gasteiger partial charge in [0.15, 0.2) is 0 Å². The smallest absolute Gasteiger partial charge is 0.356 e. The first-order valence-corrected chi connectivity index (χ1v) is 9.51. The van der Waals surface area contributed by atoms with Crippen LogP contribution in [0.25, 0.3) is 5.69 Å². The Labute approximate surface area is 177 Å². The molecule has 0 spiro atoms. The molecule has 3 N–H and O–H groups in total. The number of aromatic nitrogens is 3. The summed E-state index contributed by atoms with van der Waals surface area (Å²) in [6.07, 6.45) is -3.00. The third-order valence-corrected chi connectivity index (χ3v) is 4.86. The number of hydrogen-bond donors (Lipinski definition) is 3. The number of amides is 2. The van der Waals surface area contributed by atoms with E-state index >= 15 is 0 Å². The van der Waals surface area contributed by atoms with Crippen molar-refractivity contribution in [3.05, 3.63) is 69.2 Å². The monoisotopic (exact) mass is 483 g/mol. The third kappa shape index (κ3) is 4.73. The van der Waals surface area contributed by atoms with E-state index in [9.17, 15) is 22.8 Å². The molecule has 2 heterocycles.